The van der Waals surface area contributed by atoms with E-state index in [1.807, 2.05) is 30.3 Å². The van der Waals surface area contributed by atoms with Gasteiger partial charge in [0.1, 0.15) is 11.5 Å². The Hall–Kier alpha value is -3.18. The molecule has 0 aromatic heterocycles. The van der Waals surface area contributed by atoms with Gasteiger partial charge in [-0.2, -0.15) is 0 Å². The van der Waals surface area contributed by atoms with Crippen LogP contribution in [0.3, 0.4) is 0 Å². The highest BCUT2D eigenvalue weighted by Crippen LogP contribution is 2.31. The molecule has 0 heterocycles. The molecular formula is C20H16O2. The summed E-state index contributed by atoms with van der Waals surface area (Å²) in [5.41, 5.74) is 4.39. The first-order valence-electron chi connectivity index (χ1n) is 6.75. The number of hydrogen-bond acceptors (Lipinski definition) is 2. The standard InChI is InChI=1S/C12H10O2.C6H4.C2H2/c13-10-6-7-12(14)11(8-10)9-4-2-1-3-5-9;1-2-6-4-3-5(1)6;1-2/h1-8,13-14H;1-4H;1-2H. The summed E-state index contributed by atoms with van der Waals surface area (Å²) in [6.45, 7) is 0. The molecule has 0 amide bonds. The van der Waals surface area contributed by atoms with Crippen molar-refractivity contribution in [2.24, 2.45) is 0 Å². The lowest BCUT2D eigenvalue weighted by atomic mass is 9.95. The highest BCUT2D eigenvalue weighted by molar-refractivity contribution is 5.75. The first-order valence-corrected chi connectivity index (χ1v) is 6.75. The van der Waals surface area contributed by atoms with Gasteiger partial charge in [0.25, 0.3) is 0 Å². The van der Waals surface area contributed by atoms with E-state index in [1.54, 1.807) is 6.07 Å². The molecular weight excluding hydrogens is 272 g/mol. The highest BCUT2D eigenvalue weighted by Gasteiger charge is 2.04. The second-order valence-electron chi connectivity index (χ2n) is 4.64. The lowest BCUT2D eigenvalue weighted by Gasteiger charge is -2.10. The van der Waals surface area contributed by atoms with E-state index >= 15 is 0 Å². The number of phenols is 2. The Morgan fingerprint density at radius 3 is 1.59 bits per heavy atom. The third-order valence-electron chi connectivity index (χ3n) is 3.28. The monoisotopic (exact) mass is 288 g/mol. The van der Waals surface area contributed by atoms with Crippen LogP contribution in [0.5, 0.6) is 11.5 Å². The van der Waals surface area contributed by atoms with E-state index in [0.29, 0.717) is 5.56 Å². The van der Waals surface area contributed by atoms with Gasteiger partial charge >= 0.3 is 0 Å². The molecule has 0 fully saturated rings. The minimum atomic E-state index is 0.154. The maximum absolute atomic E-state index is 9.58. The van der Waals surface area contributed by atoms with E-state index in [0.717, 1.165) is 5.56 Å². The summed E-state index contributed by atoms with van der Waals surface area (Å²) >= 11 is 0. The molecule has 0 unspecified atom stereocenters. The normalized spacial score (nSPS) is 9.55. The van der Waals surface area contributed by atoms with E-state index < -0.39 is 0 Å². The van der Waals surface area contributed by atoms with E-state index in [4.69, 9.17) is 0 Å². The first kappa shape index (κ1) is 15.2. The van der Waals surface area contributed by atoms with Crippen LogP contribution >= 0.6 is 0 Å². The fraction of sp³-hybridized carbons (Fsp3) is 0. The third-order valence-corrected chi connectivity index (χ3v) is 3.28. The fourth-order valence-corrected chi connectivity index (χ4v) is 2.04. The molecule has 4 rings (SSSR count). The molecule has 2 heteroatoms. The van der Waals surface area contributed by atoms with Gasteiger partial charge in [-0.15, -0.1) is 12.8 Å². The second kappa shape index (κ2) is 7.01. The first-order chi connectivity index (χ1) is 10.7. The van der Waals surface area contributed by atoms with Crippen molar-refractivity contribution in [2.75, 3.05) is 0 Å². The van der Waals surface area contributed by atoms with Crippen LogP contribution in [0.4, 0.5) is 0 Å². The zero-order valence-electron chi connectivity index (χ0n) is 12.0. The molecule has 2 nitrogen and oxygen atoms in total. The van der Waals surface area contributed by atoms with E-state index in [1.165, 1.54) is 23.3 Å². The molecule has 2 aromatic carbocycles. The van der Waals surface area contributed by atoms with Gasteiger partial charge in [0.15, 0.2) is 0 Å². The van der Waals surface area contributed by atoms with Crippen molar-refractivity contribution < 1.29 is 10.2 Å². The van der Waals surface area contributed by atoms with Crippen LogP contribution in [0.25, 0.3) is 22.3 Å². The Bertz CT molecular complexity index is 736. The molecule has 2 aromatic rings. The number of fused-ring (bicyclic) bond motifs is 1. The van der Waals surface area contributed by atoms with Crippen LogP contribution in [0.15, 0.2) is 72.8 Å². The van der Waals surface area contributed by atoms with Crippen LogP contribution < -0.4 is 0 Å². The molecule has 0 aliphatic heterocycles. The molecule has 0 bridgehead atoms. The third kappa shape index (κ3) is 3.28. The molecule has 2 aliphatic rings. The minimum absolute atomic E-state index is 0.154. The van der Waals surface area contributed by atoms with Gasteiger partial charge in [0.2, 0.25) is 0 Å². The Balaban J connectivity index is 0.000000181. The summed E-state index contributed by atoms with van der Waals surface area (Å²) in [7, 11) is 0. The number of benzene rings is 3. The summed E-state index contributed by atoms with van der Waals surface area (Å²) in [4.78, 5) is 0. The Kier molecular flexibility index (Phi) is 4.85. The molecule has 22 heavy (non-hydrogen) atoms. The predicted octanol–water partition coefficient (Wildman–Crippen LogP) is 4.68. The number of phenolic OH excluding ortho intramolecular Hbond substituents is 2. The fourth-order valence-electron chi connectivity index (χ4n) is 2.04. The summed E-state index contributed by atoms with van der Waals surface area (Å²) in [6, 6.07) is 22.4. The number of rotatable bonds is 1. The molecule has 0 atom stereocenters. The zero-order chi connectivity index (χ0) is 15.9. The number of terminal acetylenes is 1. The van der Waals surface area contributed by atoms with Crippen LogP contribution in [-0.4, -0.2) is 10.2 Å². The number of hydrogen-bond donors (Lipinski definition) is 2. The van der Waals surface area contributed by atoms with Crippen molar-refractivity contribution in [1.29, 1.82) is 0 Å². The van der Waals surface area contributed by atoms with Gasteiger partial charge in [-0.05, 0) is 34.9 Å². The second-order valence-corrected chi connectivity index (χ2v) is 4.64. The van der Waals surface area contributed by atoms with Crippen molar-refractivity contribution >= 4 is 0 Å². The van der Waals surface area contributed by atoms with Crippen molar-refractivity contribution in [3.63, 3.8) is 0 Å². The predicted molar refractivity (Wildman–Crippen MR) is 90.5 cm³/mol. The van der Waals surface area contributed by atoms with E-state index in [2.05, 4.69) is 37.1 Å². The molecule has 108 valence electrons. The lowest BCUT2D eigenvalue weighted by molar-refractivity contribution is 0.462. The van der Waals surface area contributed by atoms with Gasteiger partial charge in [0, 0.05) is 5.56 Å². The lowest BCUT2D eigenvalue weighted by Crippen LogP contribution is -1.85. The van der Waals surface area contributed by atoms with Crippen LogP contribution in [-0.2, 0) is 0 Å². The molecule has 0 spiro atoms. The summed E-state index contributed by atoms with van der Waals surface area (Å²) in [5.74, 6) is 0.329. The molecule has 0 saturated carbocycles. The van der Waals surface area contributed by atoms with Crippen molar-refractivity contribution in [1.82, 2.24) is 0 Å². The average molecular weight is 288 g/mol. The van der Waals surface area contributed by atoms with Crippen LogP contribution in [0.2, 0.25) is 0 Å². The Morgan fingerprint density at radius 2 is 1.14 bits per heavy atom. The molecule has 0 saturated heterocycles. The zero-order valence-corrected chi connectivity index (χ0v) is 12.0. The molecule has 2 aliphatic carbocycles. The smallest absolute Gasteiger partial charge is 0.123 e. The van der Waals surface area contributed by atoms with Gasteiger partial charge in [-0.1, -0.05) is 54.6 Å². The van der Waals surface area contributed by atoms with Gasteiger partial charge in [-0.3, -0.25) is 0 Å². The number of aromatic hydroxyl groups is 2. The van der Waals surface area contributed by atoms with Crippen LogP contribution in [0.1, 0.15) is 0 Å². The summed E-state index contributed by atoms with van der Waals surface area (Å²) < 4.78 is 0. The largest absolute Gasteiger partial charge is 0.508 e. The average Bonchev–Trinajstić information content (AvgIpc) is 2.56. The Labute approximate surface area is 130 Å². The van der Waals surface area contributed by atoms with Gasteiger partial charge in [0.05, 0.1) is 0 Å². The van der Waals surface area contributed by atoms with Gasteiger partial charge < -0.3 is 10.2 Å². The SMILES string of the molecule is C#C.Oc1ccc(O)c(-c2ccccc2)c1.c1cc2ccc1-2. The maximum Gasteiger partial charge on any atom is 0.123 e. The van der Waals surface area contributed by atoms with Crippen molar-refractivity contribution in [3.8, 4) is 46.6 Å². The molecule has 0 radical (unpaired) electrons. The van der Waals surface area contributed by atoms with Gasteiger partial charge in [-0.25, -0.2) is 0 Å². The molecule has 2 N–H and O–H groups in total. The summed E-state index contributed by atoms with van der Waals surface area (Å²) in [5, 5.41) is 18.9. The van der Waals surface area contributed by atoms with E-state index in [9.17, 15) is 10.2 Å². The Morgan fingerprint density at radius 1 is 0.591 bits per heavy atom. The van der Waals surface area contributed by atoms with Crippen molar-refractivity contribution in [3.05, 3.63) is 72.8 Å². The maximum atomic E-state index is 9.58. The van der Waals surface area contributed by atoms with Crippen LogP contribution in [0, 0.1) is 12.8 Å². The topological polar surface area (TPSA) is 40.5 Å². The van der Waals surface area contributed by atoms with E-state index in [-0.39, 0.29) is 11.5 Å². The van der Waals surface area contributed by atoms with Crippen molar-refractivity contribution in [2.45, 2.75) is 0 Å². The quantitative estimate of drug-likeness (QED) is 0.394. The minimum Gasteiger partial charge on any atom is -0.508 e. The highest BCUT2D eigenvalue weighted by atomic mass is 16.3. The summed E-state index contributed by atoms with van der Waals surface area (Å²) in [6.07, 6.45) is 8.00.